The van der Waals surface area contributed by atoms with Crippen LogP contribution in [0, 0.1) is 0 Å². The molecule has 1 aliphatic heterocycles. The Hall–Kier alpha value is -2.60. The molecule has 3 rings (SSSR count). The van der Waals surface area contributed by atoms with Gasteiger partial charge in [0.05, 0.1) is 16.8 Å². The van der Waals surface area contributed by atoms with E-state index in [4.69, 9.17) is 5.73 Å². The molecule has 6 heteroatoms. The summed E-state index contributed by atoms with van der Waals surface area (Å²) in [4.78, 5) is 15.3. The van der Waals surface area contributed by atoms with E-state index in [0.29, 0.717) is 40.9 Å². The van der Waals surface area contributed by atoms with Crippen molar-refractivity contribution < 1.29 is 13.6 Å². The number of aliphatic imine (C=N–C) groups is 1. The second kappa shape index (κ2) is 6.96. The molecule has 1 fully saturated rings. The van der Waals surface area contributed by atoms with Crippen LogP contribution in [0.15, 0.2) is 47.5 Å². The predicted molar refractivity (Wildman–Crippen MR) is 99.7 cm³/mol. The minimum Gasteiger partial charge on any atom is -0.398 e. The molecule has 1 aliphatic rings. The molecule has 26 heavy (non-hydrogen) atoms. The third kappa shape index (κ3) is 3.24. The Morgan fingerprint density at radius 3 is 2.50 bits per heavy atom. The van der Waals surface area contributed by atoms with E-state index in [1.54, 1.807) is 55.6 Å². The number of nitrogens with zero attached hydrogens (tertiary/aromatic N) is 1. The molecule has 0 radical (unpaired) electrons. The first kappa shape index (κ1) is 18.2. The highest BCUT2D eigenvalue weighted by molar-refractivity contribution is 5.95. The van der Waals surface area contributed by atoms with Crippen molar-refractivity contribution in [3.05, 3.63) is 59.2 Å². The highest BCUT2D eigenvalue weighted by atomic mass is 19.3. The van der Waals surface area contributed by atoms with Crippen LogP contribution in [0.4, 0.5) is 20.2 Å². The van der Waals surface area contributed by atoms with E-state index in [1.165, 1.54) is 0 Å². The van der Waals surface area contributed by atoms with Gasteiger partial charge in [-0.15, -0.1) is 0 Å². The lowest BCUT2D eigenvalue weighted by Gasteiger charge is -2.42. The molecule has 0 bridgehead atoms. The van der Waals surface area contributed by atoms with Crippen LogP contribution in [0.2, 0.25) is 0 Å². The van der Waals surface area contributed by atoms with Crippen molar-refractivity contribution in [3.8, 4) is 0 Å². The van der Waals surface area contributed by atoms with E-state index in [2.05, 4.69) is 10.3 Å². The van der Waals surface area contributed by atoms with Crippen molar-refractivity contribution in [2.24, 2.45) is 4.99 Å². The van der Waals surface area contributed by atoms with E-state index < -0.39 is 11.3 Å². The Morgan fingerprint density at radius 1 is 1.15 bits per heavy atom. The number of anilines is 1. The highest BCUT2D eigenvalue weighted by Gasteiger charge is 2.52. The minimum atomic E-state index is -2.76. The molecule has 0 amide bonds. The zero-order chi connectivity index (χ0) is 18.8. The van der Waals surface area contributed by atoms with E-state index >= 15 is 0 Å². The first-order valence-electron chi connectivity index (χ1n) is 8.44. The Labute approximate surface area is 151 Å². The zero-order valence-corrected chi connectivity index (χ0v) is 14.5. The first-order valence-corrected chi connectivity index (χ1v) is 8.44. The van der Waals surface area contributed by atoms with Gasteiger partial charge in [-0.1, -0.05) is 24.3 Å². The largest absolute Gasteiger partial charge is 0.398 e. The number of carbonyl (C=O) groups is 1. The molecule has 1 saturated heterocycles. The number of halogens is 2. The molecule has 1 atom stereocenters. The van der Waals surface area contributed by atoms with Gasteiger partial charge in [0.2, 0.25) is 0 Å². The van der Waals surface area contributed by atoms with Gasteiger partial charge in [-0.25, -0.2) is 8.78 Å². The fourth-order valence-electron chi connectivity index (χ4n) is 3.18. The third-order valence-electron chi connectivity index (χ3n) is 5.06. The summed E-state index contributed by atoms with van der Waals surface area (Å²) < 4.78 is 28.8. The lowest BCUT2D eigenvalue weighted by Crippen LogP contribution is -2.55. The summed E-state index contributed by atoms with van der Waals surface area (Å²) in [7, 11) is 0. The summed E-state index contributed by atoms with van der Waals surface area (Å²) in [6, 6.07) is 11.9. The summed E-state index contributed by atoms with van der Waals surface area (Å²) in [5.74, 6) is -2.76. The van der Waals surface area contributed by atoms with Crippen molar-refractivity contribution in [3.63, 3.8) is 0 Å². The summed E-state index contributed by atoms with van der Waals surface area (Å²) in [5.41, 5.74) is 7.28. The second-order valence-electron chi connectivity index (χ2n) is 6.74. The maximum Gasteiger partial charge on any atom is 0.259 e. The van der Waals surface area contributed by atoms with Crippen LogP contribution >= 0.6 is 0 Å². The number of nitrogen functional groups attached to an aromatic ring is 1. The van der Waals surface area contributed by atoms with Crippen molar-refractivity contribution in [1.82, 2.24) is 5.32 Å². The number of piperidine rings is 1. The summed E-state index contributed by atoms with van der Waals surface area (Å²) in [5, 5.41) is 3.06. The SMILES string of the molecule is CC1(c2ccc(N=Cc3cccc(C=O)c3N)cc2)CNCCC1(F)F. The van der Waals surface area contributed by atoms with Crippen LogP contribution in [-0.2, 0) is 5.41 Å². The normalized spacial score (nSPS) is 22.4. The monoisotopic (exact) mass is 357 g/mol. The molecule has 0 aromatic heterocycles. The lowest BCUT2D eigenvalue weighted by atomic mass is 9.73. The minimum absolute atomic E-state index is 0.171. The number of nitrogens with one attached hydrogen (secondary N) is 1. The molecular weight excluding hydrogens is 336 g/mol. The number of rotatable bonds is 4. The summed E-state index contributed by atoms with van der Waals surface area (Å²) >= 11 is 0. The predicted octanol–water partition coefficient (Wildman–Crippen LogP) is 3.72. The van der Waals surface area contributed by atoms with Gasteiger partial charge in [-0.05, 0) is 30.7 Å². The molecule has 0 aliphatic carbocycles. The van der Waals surface area contributed by atoms with Crippen molar-refractivity contribution in [1.29, 1.82) is 0 Å². The van der Waals surface area contributed by atoms with Crippen LogP contribution in [0.25, 0.3) is 0 Å². The van der Waals surface area contributed by atoms with Gasteiger partial charge >= 0.3 is 0 Å². The fraction of sp³-hybridized carbons (Fsp3) is 0.300. The quantitative estimate of drug-likeness (QED) is 0.498. The van der Waals surface area contributed by atoms with Gasteiger partial charge in [0.25, 0.3) is 5.92 Å². The number of nitrogens with two attached hydrogens (primary N) is 1. The molecule has 1 heterocycles. The number of hydrogen-bond acceptors (Lipinski definition) is 4. The first-order chi connectivity index (χ1) is 12.4. The van der Waals surface area contributed by atoms with Gasteiger partial charge in [-0.2, -0.15) is 0 Å². The standard InChI is InChI=1S/C20H21F2N3O/c1-19(13-24-10-9-20(19,21)22)16-5-7-17(8-6-16)25-11-14-3-2-4-15(12-26)18(14)23/h2-8,11-12,24H,9-10,13,23H2,1H3. The van der Waals surface area contributed by atoms with Crippen LogP contribution in [0.5, 0.6) is 0 Å². The number of alkyl halides is 2. The topological polar surface area (TPSA) is 67.5 Å². The zero-order valence-electron chi connectivity index (χ0n) is 14.5. The summed E-state index contributed by atoms with van der Waals surface area (Å²) in [6.45, 7) is 2.15. The third-order valence-corrected chi connectivity index (χ3v) is 5.06. The number of benzene rings is 2. The van der Waals surface area contributed by atoms with Crippen LogP contribution in [-0.4, -0.2) is 31.5 Å². The smallest absolute Gasteiger partial charge is 0.259 e. The van der Waals surface area contributed by atoms with E-state index in [1.807, 2.05) is 0 Å². The van der Waals surface area contributed by atoms with Crippen LogP contribution in [0.3, 0.4) is 0 Å². The molecule has 136 valence electrons. The van der Waals surface area contributed by atoms with Gasteiger partial charge in [0.1, 0.15) is 0 Å². The van der Waals surface area contributed by atoms with Gasteiger partial charge < -0.3 is 11.1 Å². The van der Waals surface area contributed by atoms with E-state index in [9.17, 15) is 13.6 Å². The number of para-hydroxylation sites is 1. The molecule has 0 spiro atoms. The van der Waals surface area contributed by atoms with Gasteiger partial charge in [0, 0.05) is 36.9 Å². The molecular formula is C20H21F2N3O. The fourth-order valence-corrected chi connectivity index (χ4v) is 3.18. The van der Waals surface area contributed by atoms with E-state index in [0.717, 1.165) is 0 Å². The molecule has 1 unspecified atom stereocenters. The van der Waals surface area contributed by atoms with Crippen molar-refractivity contribution in [2.75, 3.05) is 18.8 Å². The lowest BCUT2D eigenvalue weighted by molar-refractivity contribution is -0.0921. The number of carbonyl (C=O) groups excluding carboxylic acids is 1. The Kier molecular flexibility index (Phi) is 4.87. The Balaban J connectivity index is 1.83. The number of hydrogen-bond donors (Lipinski definition) is 2. The van der Waals surface area contributed by atoms with Crippen LogP contribution < -0.4 is 11.1 Å². The maximum atomic E-state index is 14.4. The average molecular weight is 357 g/mol. The van der Waals surface area contributed by atoms with Crippen molar-refractivity contribution >= 4 is 23.9 Å². The van der Waals surface area contributed by atoms with Crippen LogP contribution in [0.1, 0.15) is 34.8 Å². The molecule has 4 nitrogen and oxygen atoms in total. The van der Waals surface area contributed by atoms with Gasteiger partial charge in [-0.3, -0.25) is 9.79 Å². The van der Waals surface area contributed by atoms with E-state index in [-0.39, 0.29) is 13.0 Å². The molecule has 0 saturated carbocycles. The molecule has 3 N–H and O–H groups in total. The Bertz CT molecular complexity index is 833. The molecule has 2 aromatic carbocycles. The Morgan fingerprint density at radius 2 is 1.85 bits per heavy atom. The van der Waals surface area contributed by atoms with Gasteiger partial charge in [0.15, 0.2) is 6.29 Å². The highest BCUT2D eigenvalue weighted by Crippen LogP contribution is 2.43. The number of aldehydes is 1. The van der Waals surface area contributed by atoms with Crippen molar-refractivity contribution in [2.45, 2.75) is 24.7 Å². The summed E-state index contributed by atoms with van der Waals surface area (Å²) in [6.07, 6.45) is 2.09. The second-order valence-corrected chi connectivity index (χ2v) is 6.74. The average Bonchev–Trinajstić information content (AvgIpc) is 2.64. The molecule has 2 aromatic rings. The maximum absolute atomic E-state index is 14.4.